The van der Waals surface area contributed by atoms with Gasteiger partial charge in [0.1, 0.15) is 0 Å². The maximum atomic E-state index is 12.5. The van der Waals surface area contributed by atoms with Crippen LogP contribution in [0.5, 0.6) is 0 Å². The van der Waals surface area contributed by atoms with Gasteiger partial charge >= 0.3 is 5.97 Å². The quantitative estimate of drug-likeness (QED) is 0.428. The molecule has 4 bridgehead atoms. The highest BCUT2D eigenvalue weighted by molar-refractivity contribution is 6.24. The SMILES string of the molecule is O=C1OC(C23C[C@@H]4C[C@@H](CC(Cl)(C4)C2)C3)=N/C1=C\c1cnc2ccccc2n1. The van der Waals surface area contributed by atoms with E-state index in [0.717, 1.165) is 43.1 Å². The summed E-state index contributed by atoms with van der Waals surface area (Å²) in [5, 5.41) is 0. The number of benzene rings is 1. The number of ether oxygens (including phenoxy) is 1. The van der Waals surface area contributed by atoms with Gasteiger partial charge in [-0.3, -0.25) is 4.98 Å². The van der Waals surface area contributed by atoms with Crippen LogP contribution in [0.2, 0.25) is 0 Å². The second-order valence-corrected chi connectivity index (χ2v) is 9.81. The molecule has 1 aliphatic heterocycles. The van der Waals surface area contributed by atoms with Gasteiger partial charge in [-0.1, -0.05) is 12.1 Å². The number of fused-ring (bicyclic) bond motifs is 1. The minimum Gasteiger partial charge on any atom is -0.406 e. The molecular weight excluding hydrogens is 374 g/mol. The van der Waals surface area contributed by atoms with Crippen LogP contribution in [-0.2, 0) is 9.53 Å². The molecule has 0 spiro atoms. The average Bonchev–Trinajstić information content (AvgIpc) is 3.01. The molecule has 1 aromatic heterocycles. The van der Waals surface area contributed by atoms with E-state index in [-0.39, 0.29) is 10.3 Å². The van der Waals surface area contributed by atoms with Gasteiger partial charge in [-0.25, -0.2) is 14.8 Å². The Balaban J connectivity index is 1.36. The molecule has 5 aliphatic rings. The van der Waals surface area contributed by atoms with Crippen molar-refractivity contribution in [3.8, 4) is 0 Å². The fourth-order valence-electron chi connectivity index (χ4n) is 6.22. The van der Waals surface area contributed by atoms with E-state index < -0.39 is 5.97 Å². The molecule has 142 valence electrons. The number of carbonyl (C=O) groups is 1. The van der Waals surface area contributed by atoms with E-state index in [4.69, 9.17) is 16.3 Å². The molecule has 4 aliphatic carbocycles. The molecule has 1 aromatic carbocycles. The van der Waals surface area contributed by atoms with Gasteiger partial charge in [0.15, 0.2) is 5.70 Å². The van der Waals surface area contributed by atoms with Crippen molar-refractivity contribution in [2.24, 2.45) is 22.2 Å². The first-order chi connectivity index (χ1) is 13.5. The van der Waals surface area contributed by atoms with Crippen molar-refractivity contribution in [3.63, 3.8) is 0 Å². The summed E-state index contributed by atoms with van der Waals surface area (Å²) < 4.78 is 5.70. The van der Waals surface area contributed by atoms with Gasteiger partial charge in [0, 0.05) is 10.3 Å². The smallest absolute Gasteiger partial charge is 0.363 e. The maximum Gasteiger partial charge on any atom is 0.363 e. The Bertz CT molecular complexity index is 1060. The van der Waals surface area contributed by atoms with Gasteiger partial charge in [0.2, 0.25) is 5.90 Å². The lowest BCUT2D eigenvalue weighted by molar-refractivity contribution is -0.131. The number of alkyl halides is 1. The lowest BCUT2D eigenvalue weighted by atomic mass is 9.49. The van der Waals surface area contributed by atoms with Gasteiger partial charge < -0.3 is 4.74 Å². The van der Waals surface area contributed by atoms with E-state index >= 15 is 0 Å². The summed E-state index contributed by atoms with van der Waals surface area (Å²) in [7, 11) is 0. The molecule has 2 unspecified atom stereocenters. The van der Waals surface area contributed by atoms with Crippen LogP contribution in [0.15, 0.2) is 41.2 Å². The van der Waals surface area contributed by atoms with E-state index in [1.807, 2.05) is 24.3 Å². The van der Waals surface area contributed by atoms with E-state index in [1.54, 1.807) is 12.3 Å². The molecule has 4 fully saturated rings. The molecule has 4 atom stereocenters. The monoisotopic (exact) mass is 393 g/mol. The first-order valence-electron chi connectivity index (χ1n) is 9.94. The maximum absolute atomic E-state index is 12.5. The Labute approximate surface area is 167 Å². The number of carbonyl (C=O) groups excluding carboxylic acids is 1. The van der Waals surface area contributed by atoms with Crippen LogP contribution >= 0.6 is 11.6 Å². The number of halogens is 1. The van der Waals surface area contributed by atoms with E-state index in [2.05, 4.69) is 15.0 Å². The molecule has 6 heteroatoms. The first kappa shape index (κ1) is 16.7. The number of aliphatic imine (C=N–C) groups is 1. The van der Waals surface area contributed by atoms with Crippen molar-refractivity contribution in [2.75, 3.05) is 0 Å². The Hall–Kier alpha value is -2.27. The van der Waals surface area contributed by atoms with Gasteiger partial charge in [0.25, 0.3) is 0 Å². The number of aromatic nitrogens is 2. The predicted octanol–water partition coefficient (Wildman–Crippen LogP) is 4.50. The minimum atomic E-state index is -0.399. The summed E-state index contributed by atoms with van der Waals surface area (Å²) in [4.78, 5) is 26.0. The summed E-state index contributed by atoms with van der Waals surface area (Å²) in [6.45, 7) is 0. The standard InChI is InChI=1S/C22H20ClN3O2/c23-22-9-13-5-14(10-22)8-21(7-13,12-22)20-26-18(19(27)28-20)6-15-11-24-16-3-1-2-4-17(16)25-15/h1-4,6,11,13-14H,5,7-10,12H2/b18-6-/t13-,14+,21?,22?. The third-order valence-electron chi connectivity index (χ3n) is 6.82. The van der Waals surface area contributed by atoms with Crippen molar-refractivity contribution in [1.29, 1.82) is 0 Å². The number of hydrogen-bond donors (Lipinski definition) is 0. The van der Waals surface area contributed by atoms with Crippen LogP contribution in [-0.4, -0.2) is 26.7 Å². The van der Waals surface area contributed by atoms with Crippen LogP contribution < -0.4 is 0 Å². The van der Waals surface area contributed by atoms with Crippen LogP contribution in [0, 0.1) is 17.3 Å². The largest absolute Gasteiger partial charge is 0.406 e. The van der Waals surface area contributed by atoms with Gasteiger partial charge in [-0.15, -0.1) is 11.6 Å². The van der Waals surface area contributed by atoms with Gasteiger partial charge in [-0.2, -0.15) is 0 Å². The molecule has 2 aromatic rings. The van der Waals surface area contributed by atoms with Crippen LogP contribution in [0.3, 0.4) is 0 Å². The summed E-state index contributed by atoms with van der Waals surface area (Å²) in [5.74, 6) is 1.43. The molecule has 7 rings (SSSR count). The molecule has 0 amide bonds. The second-order valence-electron chi connectivity index (χ2n) is 9.01. The number of para-hydroxylation sites is 2. The van der Waals surface area contributed by atoms with Crippen molar-refractivity contribution in [2.45, 2.75) is 43.4 Å². The lowest BCUT2D eigenvalue weighted by Gasteiger charge is -2.59. The zero-order chi connectivity index (χ0) is 18.9. The third-order valence-corrected chi connectivity index (χ3v) is 7.26. The number of cyclic esters (lactones) is 1. The van der Waals surface area contributed by atoms with Crippen LogP contribution in [0.4, 0.5) is 0 Å². The predicted molar refractivity (Wildman–Crippen MR) is 107 cm³/mol. The molecule has 0 N–H and O–H groups in total. The fourth-order valence-corrected chi connectivity index (χ4v) is 6.91. The topological polar surface area (TPSA) is 64.4 Å². The summed E-state index contributed by atoms with van der Waals surface area (Å²) in [6, 6.07) is 7.66. The average molecular weight is 394 g/mol. The molecule has 0 radical (unpaired) electrons. The van der Waals surface area contributed by atoms with E-state index in [0.29, 0.717) is 29.1 Å². The number of esters is 1. The number of rotatable bonds is 2. The lowest BCUT2D eigenvalue weighted by Crippen LogP contribution is -2.56. The minimum absolute atomic E-state index is 0.144. The van der Waals surface area contributed by atoms with Crippen molar-refractivity contribution >= 4 is 40.6 Å². The van der Waals surface area contributed by atoms with Crippen molar-refractivity contribution in [3.05, 3.63) is 41.9 Å². The zero-order valence-corrected chi connectivity index (χ0v) is 16.2. The summed E-state index contributed by atoms with van der Waals surface area (Å²) in [6.07, 6.45) is 9.70. The Kier molecular flexibility index (Phi) is 3.35. The molecule has 0 saturated heterocycles. The molecular formula is C22H20ClN3O2. The Morgan fingerprint density at radius 3 is 2.61 bits per heavy atom. The number of hydrogen-bond acceptors (Lipinski definition) is 5. The third kappa shape index (κ3) is 2.52. The second kappa shape index (κ2) is 5.63. The Morgan fingerprint density at radius 1 is 1.11 bits per heavy atom. The molecule has 5 nitrogen and oxygen atoms in total. The van der Waals surface area contributed by atoms with Crippen molar-refractivity contribution < 1.29 is 9.53 Å². The fraction of sp³-hybridized carbons (Fsp3) is 0.455. The molecule has 4 saturated carbocycles. The Morgan fingerprint density at radius 2 is 1.86 bits per heavy atom. The summed E-state index contributed by atoms with van der Waals surface area (Å²) >= 11 is 6.93. The highest BCUT2D eigenvalue weighted by atomic mass is 35.5. The molecule has 2 heterocycles. The highest BCUT2D eigenvalue weighted by Crippen LogP contribution is 2.64. The highest BCUT2D eigenvalue weighted by Gasteiger charge is 2.60. The van der Waals surface area contributed by atoms with E-state index in [1.165, 1.54) is 6.42 Å². The first-order valence-corrected chi connectivity index (χ1v) is 10.3. The number of nitrogens with zero attached hydrogens (tertiary/aromatic N) is 3. The van der Waals surface area contributed by atoms with E-state index in [9.17, 15) is 4.79 Å². The zero-order valence-electron chi connectivity index (χ0n) is 15.4. The summed E-state index contributed by atoms with van der Waals surface area (Å²) in [5.41, 5.74) is 2.35. The van der Waals surface area contributed by atoms with Crippen LogP contribution in [0.1, 0.15) is 44.2 Å². The molecule has 28 heavy (non-hydrogen) atoms. The van der Waals surface area contributed by atoms with Crippen LogP contribution in [0.25, 0.3) is 17.1 Å². The van der Waals surface area contributed by atoms with Gasteiger partial charge in [-0.05, 0) is 68.6 Å². The normalized spacial score (nSPS) is 37.5. The van der Waals surface area contributed by atoms with Gasteiger partial charge in [0.05, 0.1) is 22.9 Å². The van der Waals surface area contributed by atoms with Crippen molar-refractivity contribution in [1.82, 2.24) is 9.97 Å².